The first-order valence-electron chi connectivity index (χ1n) is 7.91. The van der Waals surface area contributed by atoms with Gasteiger partial charge in [-0.15, -0.1) is 5.10 Å². The fourth-order valence-electron chi connectivity index (χ4n) is 2.62. The van der Waals surface area contributed by atoms with E-state index in [9.17, 15) is 4.79 Å². The maximum atomic E-state index is 12.4. The summed E-state index contributed by atoms with van der Waals surface area (Å²) < 4.78 is 0. The van der Waals surface area contributed by atoms with Crippen LogP contribution in [0, 0.1) is 12.8 Å². The first kappa shape index (κ1) is 16.1. The van der Waals surface area contributed by atoms with E-state index in [2.05, 4.69) is 20.8 Å². The van der Waals surface area contributed by atoms with Crippen molar-refractivity contribution in [3.8, 4) is 0 Å². The molecule has 1 aliphatic carbocycles. The standard InChI is InChI=1S/C18H20N4O2/c1-12-5-8-17(22-21-12)19-15-4-2-3-14(10-15)18(24)20-16-7-6-13(9-16)11-23/h2-8,10,13,16,23H,9,11H2,1H3,(H,19,22)(H,20,24)/t13-,16+/m0/s1. The number of aromatic nitrogens is 2. The molecular formula is C18H20N4O2. The van der Waals surface area contributed by atoms with Crippen molar-refractivity contribution >= 4 is 17.4 Å². The molecule has 0 radical (unpaired) electrons. The highest BCUT2D eigenvalue weighted by molar-refractivity contribution is 5.95. The van der Waals surface area contributed by atoms with E-state index in [1.165, 1.54) is 0 Å². The molecule has 0 spiro atoms. The molecule has 3 N–H and O–H groups in total. The minimum Gasteiger partial charge on any atom is -0.396 e. The van der Waals surface area contributed by atoms with Gasteiger partial charge in [-0.2, -0.15) is 5.10 Å². The van der Waals surface area contributed by atoms with Gasteiger partial charge in [0.15, 0.2) is 5.82 Å². The lowest BCUT2D eigenvalue weighted by Crippen LogP contribution is -2.32. The van der Waals surface area contributed by atoms with Crippen LogP contribution < -0.4 is 10.6 Å². The molecule has 6 nitrogen and oxygen atoms in total. The van der Waals surface area contributed by atoms with E-state index in [1.807, 2.05) is 43.3 Å². The largest absolute Gasteiger partial charge is 0.396 e. The van der Waals surface area contributed by atoms with Crippen LogP contribution in [0.1, 0.15) is 22.5 Å². The Morgan fingerprint density at radius 2 is 2.12 bits per heavy atom. The Labute approximate surface area is 140 Å². The van der Waals surface area contributed by atoms with Crippen LogP contribution in [0.3, 0.4) is 0 Å². The summed E-state index contributed by atoms with van der Waals surface area (Å²) in [4.78, 5) is 12.4. The smallest absolute Gasteiger partial charge is 0.251 e. The fraction of sp³-hybridized carbons (Fsp3) is 0.278. The Kier molecular flexibility index (Phi) is 4.86. The van der Waals surface area contributed by atoms with Crippen molar-refractivity contribution in [1.82, 2.24) is 15.5 Å². The topological polar surface area (TPSA) is 87.1 Å². The SMILES string of the molecule is Cc1ccc(Nc2cccc(C(=O)N[C@@H]3C=C[C@H](CO)C3)c2)nn1. The van der Waals surface area contributed by atoms with E-state index in [0.717, 1.165) is 17.8 Å². The summed E-state index contributed by atoms with van der Waals surface area (Å²) in [6.07, 6.45) is 4.61. The van der Waals surface area contributed by atoms with Crippen molar-refractivity contribution in [2.75, 3.05) is 11.9 Å². The molecule has 0 aliphatic heterocycles. The molecule has 0 bridgehead atoms. The van der Waals surface area contributed by atoms with Crippen LogP contribution in [0.5, 0.6) is 0 Å². The number of benzene rings is 1. The normalized spacial score (nSPS) is 19.2. The van der Waals surface area contributed by atoms with Gasteiger partial charge in [-0.3, -0.25) is 4.79 Å². The summed E-state index contributed by atoms with van der Waals surface area (Å²) in [6.45, 7) is 1.99. The van der Waals surface area contributed by atoms with Gasteiger partial charge < -0.3 is 15.7 Å². The molecule has 1 aromatic carbocycles. The van der Waals surface area contributed by atoms with Crippen molar-refractivity contribution in [3.63, 3.8) is 0 Å². The van der Waals surface area contributed by atoms with Crippen molar-refractivity contribution in [3.05, 3.63) is 59.8 Å². The predicted molar refractivity (Wildman–Crippen MR) is 92.1 cm³/mol. The Balaban J connectivity index is 1.65. The number of aryl methyl sites for hydroxylation is 1. The van der Waals surface area contributed by atoms with Crippen molar-refractivity contribution < 1.29 is 9.90 Å². The van der Waals surface area contributed by atoms with Gasteiger partial charge in [0, 0.05) is 29.8 Å². The molecule has 1 aliphatic rings. The van der Waals surface area contributed by atoms with Gasteiger partial charge in [0.25, 0.3) is 5.91 Å². The van der Waals surface area contributed by atoms with Crippen molar-refractivity contribution in [2.45, 2.75) is 19.4 Å². The van der Waals surface area contributed by atoms with E-state index in [0.29, 0.717) is 11.4 Å². The molecule has 0 saturated carbocycles. The zero-order valence-corrected chi connectivity index (χ0v) is 13.4. The van der Waals surface area contributed by atoms with Gasteiger partial charge in [0.1, 0.15) is 0 Å². The molecule has 1 amide bonds. The number of carbonyl (C=O) groups excluding carboxylic acids is 1. The van der Waals surface area contributed by atoms with Crippen molar-refractivity contribution in [2.24, 2.45) is 5.92 Å². The number of amides is 1. The zero-order valence-electron chi connectivity index (χ0n) is 13.4. The summed E-state index contributed by atoms with van der Waals surface area (Å²) in [5.41, 5.74) is 2.19. The second kappa shape index (κ2) is 7.23. The fourth-order valence-corrected chi connectivity index (χ4v) is 2.62. The van der Waals surface area contributed by atoms with Crippen LogP contribution in [-0.4, -0.2) is 33.9 Å². The van der Waals surface area contributed by atoms with Gasteiger partial charge in [0.05, 0.1) is 5.69 Å². The van der Waals surface area contributed by atoms with Crippen LogP contribution in [0.25, 0.3) is 0 Å². The van der Waals surface area contributed by atoms with Gasteiger partial charge in [-0.25, -0.2) is 0 Å². The first-order chi connectivity index (χ1) is 11.6. The number of aliphatic hydroxyl groups is 1. The first-order valence-corrected chi connectivity index (χ1v) is 7.91. The molecule has 6 heteroatoms. The molecule has 24 heavy (non-hydrogen) atoms. The molecule has 1 aromatic heterocycles. The molecule has 0 fully saturated rings. The summed E-state index contributed by atoms with van der Waals surface area (Å²) in [6, 6.07) is 10.9. The van der Waals surface area contributed by atoms with E-state index in [4.69, 9.17) is 5.11 Å². The monoisotopic (exact) mass is 324 g/mol. The molecule has 0 unspecified atom stereocenters. The lowest BCUT2D eigenvalue weighted by Gasteiger charge is -2.13. The molecule has 1 heterocycles. The quantitative estimate of drug-likeness (QED) is 0.734. The lowest BCUT2D eigenvalue weighted by atomic mass is 10.1. The van der Waals surface area contributed by atoms with Crippen LogP contribution in [0.4, 0.5) is 11.5 Å². The van der Waals surface area contributed by atoms with E-state index in [1.54, 1.807) is 12.1 Å². The highest BCUT2D eigenvalue weighted by Crippen LogP contribution is 2.19. The Bertz CT molecular complexity index is 743. The van der Waals surface area contributed by atoms with Gasteiger partial charge in [-0.1, -0.05) is 18.2 Å². The van der Waals surface area contributed by atoms with E-state index < -0.39 is 0 Å². The minimum absolute atomic E-state index is 0.0331. The van der Waals surface area contributed by atoms with E-state index >= 15 is 0 Å². The molecular weight excluding hydrogens is 304 g/mol. The number of nitrogens with zero attached hydrogens (tertiary/aromatic N) is 2. The number of hydrogen-bond acceptors (Lipinski definition) is 5. The van der Waals surface area contributed by atoms with E-state index in [-0.39, 0.29) is 24.5 Å². The second-order valence-electron chi connectivity index (χ2n) is 5.91. The maximum absolute atomic E-state index is 12.4. The number of rotatable bonds is 5. The van der Waals surface area contributed by atoms with Crippen LogP contribution in [0.2, 0.25) is 0 Å². The zero-order chi connectivity index (χ0) is 16.9. The van der Waals surface area contributed by atoms with Crippen molar-refractivity contribution in [1.29, 1.82) is 0 Å². The van der Waals surface area contributed by atoms with Gasteiger partial charge >= 0.3 is 0 Å². The third-order valence-electron chi connectivity index (χ3n) is 3.92. The summed E-state index contributed by atoms with van der Waals surface area (Å²) in [7, 11) is 0. The highest BCUT2D eigenvalue weighted by atomic mass is 16.3. The number of hydrogen-bond donors (Lipinski definition) is 3. The lowest BCUT2D eigenvalue weighted by molar-refractivity contribution is 0.0941. The molecule has 2 atom stereocenters. The van der Waals surface area contributed by atoms with Crippen LogP contribution in [0.15, 0.2) is 48.6 Å². The van der Waals surface area contributed by atoms with Crippen LogP contribution >= 0.6 is 0 Å². The highest BCUT2D eigenvalue weighted by Gasteiger charge is 2.20. The number of anilines is 2. The summed E-state index contributed by atoms with van der Waals surface area (Å²) in [5.74, 6) is 0.618. The predicted octanol–water partition coefficient (Wildman–Crippen LogP) is 2.20. The minimum atomic E-state index is -0.137. The van der Waals surface area contributed by atoms with Gasteiger partial charge in [0.2, 0.25) is 0 Å². The summed E-state index contributed by atoms with van der Waals surface area (Å²) in [5, 5.41) is 23.3. The molecule has 124 valence electrons. The molecule has 2 aromatic rings. The Hall–Kier alpha value is -2.73. The molecule has 0 saturated heterocycles. The molecule has 3 rings (SSSR count). The third kappa shape index (κ3) is 3.97. The third-order valence-corrected chi connectivity index (χ3v) is 3.92. The van der Waals surface area contributed by atoms with Gasteiger partial charge in [-0.05, 0) is 43.7 Å². The van der Waals surface area contributed by atoms with Crippen LogP contribution in [-0.2, 0) is 0 Å². The Morgan fingerprint density at radius 3 is 2.83 bits per heavy atom. The average Bonchev–Trinajstić information content (AvgIpc) is 3.05. The number of carbonyl (C=O) groups is 1. The Morgan fingerprint density at radius 1 is 1.25 bits per heavy atom. The second-order valence-corrected chi connectivity index (χ2v) is 5.91. The average molecular weight is 324 g/mol. The number of aliphatic hydroxyl groups excluding tert-OH is 1. The number of nitrogens with one attached hydrogen (secondary N) is 2. The summed E-state index contributed by atoms with van der Waals surface area (Å²) >= 11 is 0. The maximum Gasteiger partial charge on any atom is 0.251 e.